The summed E-state index contributed by atoms with van der Waals surface area (Å²) in [5, 5.41) is 2.94. The van der Waals surface area contributed by atoms with Gasteiger partial charge in [-0.15, -0.1) is 13.2 Å². The highest BCUT2D eigenvalue weighted by atomic mass is 16.2. The number of hydrogen-bond donors (Lipinski definition) is 1. The summed E-state index contributed by atoms with van der Waals surface area (Å²) >= 11 is 0. The molecule has 2 amide bonds. The molecule has 0 atom stereocenters. The minimum absolute atomic E-state index is 0.0124. The molecule has 0 spiro atoms. The zero-order valence-electron chi connectivity index (χ0n) is 17.7. The average Bonchev–Trinajstić information content (AvgIpc) is 3.14. The topological polar surface area (TPSA) is 67.2 Å². The van der Waals surface area contributed by atoms with Gasteiger partial charge in [-0.2, -0.15) is 0 Å². The number of rotatable bonds is 11. The van der Waals surface area contributed by atoms with Gasteiger partial charge in [-0.05, 0) is 30.7 Å². The quantitative estimate of drug-likeness (QED) is 0.384. The Balaban J connectivity index is 1.68. The van der Waals surface area contributed by atoms with Gasteiger partial charge in [0, 0.05) is 31.6 Å². The zero-order valence-corrected chi connectivity index (χ0v) is 17.7. The van der Waals surface area contributed by atoms with Crippen LogP contribution in [0.3, 0.4) is 0 Å². The largest absolute Gasteiger partial charge is 0.352 e. The van der Waals surface area contributed by atoms with Crippen molar-refractivity contribution < 1.29 is 9.59 Å². The number of aryl methyl sites for hydroxylation is 1. The van der Waals surface area contributed by atoms with Crippen LogP contribution in [-0.4, -0.2) is 45.9 Å². The Hall–Kier alpha value is -3.67. The molecule has 6 heteroatoms. The smallest absolute Gasteiger partial charge is 0.251 e. The third kappa shape index (κ3) is 5.69. The molecule has 0 fully saturated rings. The van der Waals surface area contributed by atoms with Gasteiger partial charge in [-0.25, -0.2) is 4.98 Å². The Kier molecular flexibility index (Phi) is 7.76. The number of carbonyl (C=O) groups excluding carboxylic acids is 2. The van der Waals surface area contributed by atoms with Crippen LogP contribution in [0, 0.1) is 0 Å². The summed E-state index contributed by atoms with van der Waals surface area (Å²) in [4.78, 5) is 31.5. The summed E-state index contributed by atoms with van der Waals surface area (Å²) in [6.07, 6.45) is 4.80. The second kappa shape index (κ2) is 10.9. The molecule has 0 bridgehead atoms. The van der Waals surface area contributed by atoms with E-state index in [1.807, 2.05) is 47.0 Å². The van der Waals surface area contributed by atoms with Crippen LogP contribution in [-0.2, 0) is 17.8 Å². The third-order valence-electron chi connectivity index (χ3n) is 4.98. The minimum Gasteiger partial charge on any atom is -0.352 e. The summed E-state index contributed by atoms with van der Waals surface area (Å²) < 4.78 is 1.97. The molecule has 3 aromatic rings. The predicted molar refractivity (Wildman–Crippen MR) is 124 cm³/mol. The second-order valence-corrected chi connectivity index (χ2v) is 7.20. The number of benzene rings is 2. The van der Waals surface area contributed by atoms with E-state index in [1.54, 1.807) is 29.2 Å². The van der Waals surface area contributed by atoms with Crippen molar-refractivity contribution in [2.24, 2.45) is 0 Å². The Morgan fingerprint density at radius 1 is 1.00 bits per heavy atom. The van der Waals surface area contributed by atoms with E-state index in [-0.39, 0.29) is 18.4 Å². The highest BCUT2D eigenvalue weighted by molar-refractivity contribution is 5.94. The first-order valence-corrected chi connectivity index (χ1v) is 10.4. The van der Waals surface area contributed by atoms with Crippen LogP contribution in [0.25, 0.3) is 11.0 Å². The Labute approximate surface area is 182 Å². The molecule has 31 heavy (non-hydrogen) atoms. The summed E-state index contributed by atoms with van der Waals surface area (Å²) in [6.45, 7) is 9.14. The maximum absolute atomic E-state index is 12.9. The Bertz CT molecular complexity index is 1050. The van der Waals surface area contributed by atoms with E-state index in [0.717, 1.165) is 23.3 Å². The van der Waals surface area contributed by atoms with Crippen molar-refractivity contribution in [2.45, 2.75) is 19.4 Å². The van der Waals surface area contributed by atoms with Gasteiger partial charge in [-0.3, -0.25) is 9.59 Å². The lowest BCUT2D eigenvalue weighted by atomic mass is 10.2. The molecule has 0 radical (unpaired) electrons. The zero-order chi connectivity index (χ0) is 22.1. The minimum atomic E-state index is -0.0891. The molecule has 0 aliphatic rings. The molecule has 1 aromatic heterocycles. The molecule has 6 nitrogen and oxygen atoms in total. The first-order valence-electron chi connectivity index (χ1n) is 10.4. The first kappa shape index (κ1) is 22.0. The lowest BCUT2D eigenvalue weighted by molar-refractivity contribution is -0.130. The molecule has 0 aliphatic carbocycles. The van der Waals surface area contributed by atoms with Gasteiger partial charge in [0.2, 0.25) is 5.91 Å². The van der Waals surface area contributed by atoms with Gasteiger partial charge in [0.1, 0.15) is 12.4 Å². The van der Waals surface area contributed by atoms with Crippen LogP contribution in [0.1, 0.15) is 22.6 Å². The Morgan fingerprint density at radius 3 is 2.39 bits per heavy atom. The molecular weight excluding hydrogens is 388 g/mol. The number of para-hydroxylation sites is 2. The van der Waals surface area contributed by atoms with Crippen molar-refractivity contribution in [3.63, 3.8) is 0 Å². The van der Waals surface area contributed by atoms with Crippen LogP contribution in [0.4, 0.5) is 0 Å². The van der Waals surface area contributed by atoms with Gasteiger partial charge >= 0.3 is 0 Å². The first-order chi connectivity index (χ1) is 15.1. The maximum atomic E-state index is 12.9. The normalized spacial score (nSPS) is 10.6. The van der Waals surface area contributed by atoms with Gasteiger partial charge < -0.3 is 14.8 Å². The van der Waals surface area contributed by atoms with Crippen molar-refractivity contribution in [1.29, 1.82) is 0 Å². The monoisotopic (exact) mass is 416 g/mol. The molecule has 1 N–H and O–H groups in total. The van der Waals surface area contributed by atoms with E-state index in [1.165, 1.54) is 0 Å². The van der Waals surface area contributed by atoms with Crippen molar-refractivity contribution in [3.05, 3.63) is 91.3 Å². The van der Waals surface area contributed by atoms with Crippen molar-refractivity contribution in [2.75, 3.05) is 19.6 Å². The van der Waals surface area contributed by atoms with Gasteiger partial charge in [0.25, 0.3) is 5.91 Å². The van der Waals surface area contributed by atoms with E-state index < -0.39 is 0 Å². The third-order valence-corrected chi connectivity index (χ3v) is 4.98. The lowest BCUT2D eigenvalue weighted by Gasteiger charge is -2.20. The number of nitrogens with zero attached hydrogens (tertiary/aromatic N) is 3. The number of hydrogen-bond acceptors (Lipinski definition) is 3. The summed E-state index contributed by atoms with van der Waals surface area (Å²) in [5.41, 5.74) is 2.43. The van der Waals surface area contributed by atoms with Crippen molar-refractivity contribution in [3.8, 4) is 0 Å². The molecule has 0 unspecified atom stereocenters. The molecule has 2 aromatic carbocycles. The van der Waals surface area contributed by atoms with Crippen LogP contribution in [0.15, 0.2) is 79.9 Å². The van der Waals surface area contributed by atoms with E-state index in [0.29, 0.717) is 31.6 Å². The lowest BCUT2D eigenvalue weighted by Crippen LogP contribution is -2.34. The number of aromatic nitrogens is 2. The number of nitrogens with one attached hydrogen (secondary N) is 1. The van der Waals surface area contributed by atoms with Crippen LogP contribution < -0.4 is 5.32 Å². The van der Waals surface area contributed by atoms with Crippen LogP contribution in [0.5, 0.6) is 0 Å². The summed E-state index contributed by atoms with van der Waals surface area (Å²) in [7, 11) is 0. The van der Waals surface area contributed by atoms with Gasteiger partial charge in [0.05, 0.1) is 11.0 Å². The fourth-order valence-corrected chi connectivity index (χ4v) is 3.46. The SMILES string of the molecule is C=CCN(CC=C)C(=O)Cn1c(CCCNC(=O)c2ccccc2)nc2ccccc21. The highest BCUT2D eigenvalue weighted by Gasteiger charge is 2.17. The van der Waals surface area contributed by atoms with Crippen molar-refractivity contribution >= 4 is 22.8 Å². The molecular formula is C25H28N4O2. The molecule has 3 rings (SSSR count). The van der Waals surface area contributed by atoms with Crippen LogP contribution in [0.2, 0.25) is 0 Å². The molecule has 0 aliphatic heterocycles. The van der Waals surface area contributed by atoms with E-state index in [9.17, 15) is 9.59 Å². The number of amides is 2. The maximum Gasteiger partial charge on any atom is 0.251 e. The van der Waals surface area contributed by atoms with E-state index >= 15 is 0 Å². The second-order valence-electron chi connectivity index (χ2n) is 7.20. The fourth-order valence-electron chi connectivity index (χ4n) is 3.46. The molecule has 0 saturated heterocycles. The summed E-state index contributed by atoms with van der Waals surface area (Å²) in [5.74, 6) is 0.732. The molecule has 0 saturated carbocycles. The highest BCUT2D eigenvalue weighted by Crippen LogP contribution is 2.17. The number of imidazole rings is 1. The fraction of sp³-hybridized carbons (Fsp3) is 0.240. The standard InChI is InChI=1S/C25H28N4O2/c1-3-17-28(18-4-2)24(30)19-29-22-14-9-8-13-21(22)27-23(29)15-10-16-26-25(31)20-11-6-5-7-12-20/h3-9,11-14H,1-2,10,15-19H2,(H,26,31). The number of carbonyl (C=O) groups is 2. The van der Waals surface area contributed by atoms with E-state index in [2.05, 4.69) is 18.5 Å². The number of fused-ring (bicyclic) bond motifs is 1. The van der Waals surface area contributed by atoms with E-state index in [4.69, 9.17) is 4.98 Å². The predicted octanol–water partition coefficient (Wildman–Crippen LogP) is 3.60. The van der Waals surface area contributed by atoms with Crippen molar-refractivity contribution in [1.82, 2.24) is 19.8 Å². The average molecular weight is 417 g/mol. The van der Waals surface area contributed by atoms with Crippen LogP contribution >= 0.6 is 0 Å². The summed E-state index contributed by atoms with van der Waals surface area (Å²) in [6, 6.07) is 17.0. The Morgan fingerprint density at radius 2 is 1.68 bits per heavy atom. The molecule has 1 heterocycles. The van der Waals surface area contributed by atoms with Gasteiger partial charge in [0.15, 0.2) is 0 Å². The van der Waals surface area contributed by atoms with Gasteiger partial charge in [-0.1, -0.05) is 42.5 Å². The molecule has 160 valence electrons.